The van der Waals surface area contributed by atoms with Crippen LogP contribution in [0.15, 0.2) is 23.6 Å². The summed E-state index contributed by atoms with van der Waals surface area (Å²) in [5.41, 5.74) is 3.95. The van der Waals surface area contributed by atoms with Gasteiger partial charge in [-0.25, -0.2) is 4.79 Å². The van der Waals surface area contributed by atoms with Gasteiger partial charge in [-0.1, -0.05) is 13.8 Å². The topological polar surface area (TPSA) is 66.5 Å². The van der Waals surface area contributed by atoms with E-state index in [0.717, 1.165) is 18.5 Å². The zero-order chi connectivity index (χ0) is 15.4. The molecule has 0 aliphatic carbocycles. The molecule has 1 heterocycles. The highest BCUT2D eigenvalue weighted by Crippen LogP contribution is 2.02. The molecule has 0 aliphatic heterocycles. The summed E-state index contributed by atoms with van der Waals surface area (Å²) in [5, 5.41) is 4.13. The molecule has 0 atom stereocenters. The molecule has 0 saturated heterocycles. The van der Waals surface area contributed by atoms with Crippen LogP contribution in [0, 0.1) is 5.92 Å². The highest BCUT2D eigenvalue weighted by atomic mass is 32.1. The molecule has 6 heteroatoms. The lowest BCUT2D eigenvalue weighted by atomic mass is 10.1. The molecule has 0 bridgehead atoms. The van der Waals surface area contributed by atoms with Crippen LogP contribution in [-0.2, 0) is 9.53 Å². The molecule has 1 aromatic rings. The van der Waals surface area contributed by atoms with Gasteiger partial charge in [-0.15, -0.1) is 0 Å². The first-order chi connectivity index (χ1) is 9.65. The Bertz CT molecular complexity index is 389. The minimum atomic E-state index is -0.408. The van der Waals surface area contributed by atoms with Gasteiger partial charge in [0.25, 0.3) is 0 Å². The number of esters is 1. The Morgan fingerprint density at radius 1 is 1.50 bits per heavy atom. The van der Waals surface area contributed by atoms with E-state index in [2.05, 4.69) is 42.0 Å². The Morgan fingerprint density at radius 2 is 2.20 bits per heavy atom. The van der Waals surface area contributed by atoms with E-state index in [1.165, 1.54) is 0 Å². The second-order valence-electron chi connectivity index (χ2n) is 4.37. The van der Waals surface area contributed by atoms with E-state index in [0.29, 0.717) is 18.2 Å². The molecule has 5 nitrogen and oxygen atoms in total. The van der Waals surface area contributed by atoms with Crippen molar-refractivity contribution in [3.8, 4) is 0 Å². The minimum Gasteiger partial charge on any atom is -0.461 e. The highest BCUT2D eigenvalue weighted by molar-refractivity contribution is 7.79. The number of nitrogens with one attached hydrogen (secondary N) is 2. The molecule has 1 rings (SSSR count). The number of hydrogen-bond acceptors (Lipinski definition) is 5. The first-order valence-electron chi connectivity index (χ1n) is 6.70. The zero-order valence-electron chi connectivity index (χ0n) is 12.6. The molecule has 2 N–H and O–H groups in total. The zero-order valence-corrected chi connectivity index (χ0v) is 13.5. The fourth-order valence-corrected chi connectivity index (χ4v) is 1.39. The fourth-order valence-electron chi connectivity index (χ4n) is 1.39. The van der Waals surface area contributed by atoms with Gasteiger partial charge in [0.05, 0.1) is 6.61 Å². The summed E-state index contributed by atoms with van der Waals surface area (Å²) in [4.78, 5) is 14.7. The van der Waals surface area contributed by atoms with E-state index >= 15 is 0 Å². The molecule has 114 valence electrons. The second-order valence-corrected chi connectivity index (χ2v) is 4.37. The molecule has 0 aromatic carbocycles. The van der Waals surface area contributed by atoms with Crippen molar-refractivity contribution < 1.29 is 9.53 Å². The maximum absolute atomic E-state index is 11.8. The van der Waals surface area contributed by atoms with Crippen molar-refractivity contribution in [2.24, 2.45) is 11.0 Å². The average molecular weight is 299 g/mol. The number of aromatic nitrogens is 1. The number of nitrogens with zero attached hydrogens (tertiary/aromatic N) is 1. The van der Waals surface area contributed by atoms with Crippen molar-refractivity contribution in [2.45, 2.75) is 27.2 Å². The van der Waals surface area contributed by atoms with Crippen molar-refractivity contribution in [1.29, 1.82) is 0 Å². The van der Waals surface area contributed by atoms with Gasteiger partial charge in [0.15, 0.2) is 5.71 Å². The van der Waals surface area contributed by atoms with Crippen molar-refractivity contribution in [1.82, 2.24) is 10.4 Å². The summed E-state index contributed by atoms with van der Waals surface area (Å²) in [7, 11) is 0. The summed E-state index contributed by atoms with van der Waals surface area (Å²) < 4.78 is 4.98. The number of hydrazone groups is 1. The molecular weight excluding hydrogens is 274 g/mol. The number of thiol groups is 1. The largest absolute Gasteiger partial charge is 0.461 e. The second kappa shape index (κ2) is 11.4. The van der Waals surface area contributed by atoms with Crippen LogP contribution in [0.2, 0.25) is 0 Å². The monoisotopic (exact) mass is 299 g/mol. The minimum absolute atomic E-state index is 0.307. The smallest absolute Gasteiger partial charge is 0.359 e. The molecule has 0 radical (unpaired) electrons. The first-order valence-corrected chi connectivity index (χ1v) is 7.60. The van der Waals surface area contributed by atoms with Crippen molar-refractivity contribution in [2.75, 3.05) is 19.4 Å². The van der Waals surface area contributed by atoms with E-state index in [9.17, 15) is 4.79 Å². The quantitative estimate of drug-likeness (QED) is 0.238. The first kappa shape index (κ1) is 18.6. The van der Waals surface area contributed by atoms with Crippen molar-refractivity contribution in [3.05, 3.63) is 24.0 Å². The summed E-state index contributed by atoms with van der Waals surface area (Å²) in [5.74, 6) is 0.195. The number of H-pyrrole nitrogens is 1. The maximum Gasteiger partial charge on any atom is 0.359 e. The van der Waals surface area contributed by atoms with Gasteiger partial charge >= 0.3 is 5.97 Å². The molecular formula is C14H25N3O2S. The summed E-state index contributed by atoms with van der Waals surface area (Å²) in [6.07, 6.45) is 6.17. The number of rotatable bonds is 7. The third kappa shape index (κ3) is 7.23. The van der Waals surface area contributed by atoms with Crippen LogP contribution in [0.4, 0.5) is 0 Å². The third-order valence-electron chi connectivity index (χ3n) is 2.36. The molecule has 0 spiro atoms. The Labute approximate surface area is 126 Å². The van der Waals surface area contributed by atoms with Crippen LogP contribution in [0.5, 0.6) is 0 Å². The summed E-state index contributed by atoms with van der Waals surface area (Å²) in [6, 6.07) is 1.79. The van der Waals surface area contributed by atoms with E-state index in [-0.39, 0.29) is 0 Å². The molecule has 1 aromatic heterocycles. The lowest BCUT2D eigenvalue weighted by Gasteiger charge is -2.07. The van der Waals surface area contributed by atoms with Crippen LogP contribution in [0.1, 0.15) is 32.8 Å². The van der Waals surface area contributed by atoms with Gasteiger partial charge in [0.2, 0.25) is 0 Å². The predicted octanol–water partition coefficient (Wildman–Crippen LogP) is 2.46. The van der Waals surface area contributed by atoms with Crippen molar-refractivity contribution >= 4 is 24.3 Å². The molecule has 0 amide bonds. The normalized spacial score (nSPS) is 10.8. The van der Waals surface area contributed by atoms with Gasteiger partial charge in [-0.05, 0) is 31.6 Å². The Kier molecular flexibility index (Phi) is 10.6. The number of aromatic amines is 1. The Balaban J connectivity index is 0.00000172. The van der Waals surface area contributed by atoms with Crippen LogP contribution >= 0.6 is 12.6 Å². The molecule has 0 saturated carbocycles. The van der Waals surface area contributed by atoms with Crippen LogP contribution < -0.4 is 5.43 Å². The summed E-state index contributed by atoms with van der Waals surface area (Å²) >= 11 is 3.53. The predicted molar refractivity (Wildman–Crippen MR) is 86.3 cm³/mol. The van der Waals surface area contributed by atoms with E-state index in [1.54, 1.807) is 31.6 Å². The third-order valence-corrected chi connectivity index (χ3v) is 2.36. The van der Waals surface area contributed by atoms with E-state index < -0.39 is 5.97 Å². The molecule has 0 fully saturated rings. The number of carbonyl (C=O) groups is 1. The number of carbonyl (C=O) groups excluding carboxylic acids is 1. The standard InChI is InChI=1S/C13H21N3O2.CH4S/c1-4-18-13(17)12(11-6-7-14-9-11)16-15-8-5-10(2)3;1-2/h6-7,9-10,14-15H,4-5,8H2,1-3H3;2H,1H3. The summed E-state index contributed by atoms with van der Waals surface area (Å²) in [6.45, 7) is 7.14. The SMILES string of the molecule is CCOC(=O)C(=NNCCC(C)C)c1cc[nH]c1.CS. The van der Waals surface area contributed by atoms with E-state index in [1.807, 2.05) is 0 Å². The average Bonchev–Trinajstić information content (AvgIpc) is 2.94. The van der Waals surface area contributed by atoms with Gasteiger partial charge in [0.1, 0.15) is 0 Å². The van der Waals surface area contributed by atoms with Crippen LogP contribution in [0.3, 0.4) is 0 Å². The molecule has 0 aliphatic rings. The molecule has 0 unspecified atom stereocenters. The van der Waals surface area contributed by atoms with E-state index in [4.69, 9.17) is 4.74 Å². The highest BCUT2D eigenvalue weighted by Gasteiger charge is 2.15. The van der Waals surface area contributed by atoms with Crippen LogP contribution in [0.25, 0.3) is 0 Å². The van der Waals surface area contributed by atoms with Gasteiger partial charge < -0.3 is 15.1 Å². The maximum atomic E-state index is 11.8. The lowest BCUT2D eigenvalue weighted by Crippen LogP contribution is -2.22. The van der Waals surface area contributed by atoms with Gasteiger partial charge in [-0.2, -0.15) is 17.7 Å². The van der Waals surface area contributed by atoms with Gasteiger partial charge in [-0.3, -0.25) is 0 Å². The number of ether oxygens (including phenoxy) is 1. The Hall–Kier alpha value is -1.43. The Morgan fingerprint density at radius 3 is 2.70 bits per heavy atom. The lowest BCUT2D eigenvalue weighted by molar-refractivity contribution is -0.134. The van der Waals surface area contributed by atoms with Gasteiger partial charge in [0, 0.05) is 24.5 Å². The van der Waals surface area contributed by atoms with Crippen LogP contribution in [-0.4, -0.2) is 36.1 Å². The molecule has 20 heavy (non-hydrogen) atoms. The number of hydrogen-bond donors (Lipinski definition) is 3. The van der Waals surface area contributed by atoms with Crippen molar-refractivity contribution in [3.63, 3.8) is 0 Å². The fraction of sp³-hybridized carbons (Fsp3) is 0.571.